The number of benzene rings is 2. The van der Waals surface area contributed by atoms with Crippen LogP contribution in [0.5, 0.6) is 11.5 Å². The summed E-state index contributed by atoms with van der Waals surface area (Å²) in [6.45, 7) is 1.82. The topological polar surface area (TPSA) is 120 Å². The standard InChI is InChI=1S/C17H17N3O6/c1-10-4-6-14(25-2)12(8-10)18-16(21)17(22)19-13-9-11(20(23)24)5-7-15(13)26-3/h4-9H,1-3H3,(H,18,21)(H,19,22). The number of ether oxygens (including phenoxy) is 2. The van der Waals surface area contributed by atoms with Crippen LogP contribution in [0, 0.1) is 17.0 Å². The summed E-state index contributed by atoms with van der Waals surface area (Å²) >= 11 is 0. The molecule has 0 bridgehead atoms. The van der Waals surface area contributed by atoms with E-state index in [0.717, 1.165) is 11.6 Å². The van der Waals surface area contributed by atoms with Gasteiger partial charge in [-0.2, -0.15) is 0 Å². The first-order chi connectivity index (χ1) is 12.3. The molecule has 2 amide bonds. The zero-order chi connectivity index (χ0) is 19.3. The van der Waals surface area contributed by atoms with E-state index in [1.807, 2.05) is 6.92 Å². The highest BCUT2D eigenvalue weighted by atomic mass is 16.6. The van der Waals surface area contributed by atoms with Gasteiger partial charge < -0.3 is 20.1 Å². The lowest BCUT2D eigenvalue weighted by molar-refractivity contribution is -0.384. The zero-order valence-corrected chi connectivity index (χ0v) is 14.4. The minimum atomic E-state index is -1.01. The van der Waals surface area contributed by atoms with Gasteiger partial charge in [-0.3, -0.25) is 19.7 Å². The Morgan fingerprint density at radius 3 is 1.92 bits per heavy atom. The van der Waals surface area contributed by atoms with E-state index in [0.29, 0.717) is 11.4 Å². The predicted octanol–water partition coefficient (Wildman–Crippen LogP) is 2.50. The number of methoxy groups -OCH3 is 2. The normalized spacial score (nSPS) is 9.96. The fraction of sp³-hybridized carbons (Fsp3) is 0.176. The smallest absolute Gasteiger partial charge is 0.314 e. The first-order valence-corrected chi connectivity index (χ1v) is 7.45. The molecule has 0 atom stereocenters. The van der Waals surface area contributed by atoms with E-state index in [-0.39, 0.29) is 17.1 Å². The van der Waals surface area contributed by atoms with Gasteiger partial charge in [-0.1, -0.05) is 6.07 Å². The largest absolute Gasteiger partial charge is 0.495 e. The average Bonchev–Trinajstić information content (AvgIpc) is 2.61. The van der Waals surface area contributed by atoms with Crippen molar-refractivity contribution in [2.24, 2.45) is 0 Å². The maximum atomic E-state index is 12.2. The molecule has 0 aliphatic heterocycles. The molecule has 9 heteroatoms. The van der Waals surface area contributed by atoms with Crippen LogP contribution in [0.4, 0.5) is 17.1 Å². The van der Waals surface area contributed by atoms with E-state index in [9.17, 15) is 19.7 Å². The third-order valence-corrected chi connectivity index (χ3v) is 3.45. The number of nitro groups is 1. The van der Waals surface area contributed by atoms with Crippen LogP contribution < -0.4 is 20.1 Å². The lowest BCUT2D eigenvalue weighted by Crippen LogP contribution is -2.29. The van der Waals surface area contributed by atoms with Gasteiger partial charge in [-0.15, -0.1) is 0 Å². The molecule has 0 aliphatic rings. The van der Waals surface area contributed by atoms with Crippen molar-refractivity contribution >= 4 is 28.9 Å². The summed E-state index contributed by atoms with van der Waals surface area (Å²) < 4.78 is 10.2. The number of non-ortho nitro benzene ring substituents is 1. The Morgan fingerprint density at radius 2 is 1.42 bits per heavy atom. The molecule has 2 N–H and O–H groups in total. The maximum Gasteiger partial charge on any atom is 0.314 e. The van der Waals surface area contributed by atoms with Crippen LogP contribution in [0.25, 0.3) is 0 Å². The van der Waals surface area contributed by atoms with E-state index in [4.69, 9.17) is 9.47 Å². The number of carbonyl (C=O) groups excluding carboxylic acids is 2. The van der Waals surface area contributed by atoms with Crippen molar-refractivity contribution in [2.75, 3.05) is 24.9 Å². The van der Waals surface area contributed by atoms with Gasteiger partial charge in [0, 0.05) is 12.1 Å². The van der Waals surface area contributed by atoms with Crippen LogP contribution in [-0.4, -0.2) is 31.0 Å². The zero-order valence-electron chi connectivity index (χ0n) is 14.4. The second-order valence-electron chi connectivity index (χ2n) is 5.25. The molecule has 136 valence electrons. The molecular formula is C17H17N3O6. The van der Waals surface area contributed by atoms with Crippen molar-refractivity contribution in [2.45, 2.75) is 6.92 Å². The molecule has 0 aromatic heterocycles. The van der Waals surface area contributed by atoms with Gasteiger partial charge in [-0.25, -0.2) is 0 Å². The van der Waals surface area contributed by atoms with Gasteiger partial charge in [0.15, 0.2) is 0 Å². The van der Waals surface area contributed by atoms with E-state index < -0.39 is 16.7 Å². The average molecular weight is 359 g/mol. The highest BCUT2D eigenvalue weighted by Gasteiger charge is 2.19. The molecule has 0 spiro atoms. The number of aryl methyl sites for hydroxylation is 1. The molecule has 0 radical (unpaired) electrons. The van der Waals surface area contributed by atoms with Gasteiger partial charge >= 0.3 is 11.8 Å². The van der Waals surface area contributed by atoms with Crippen LogP contribution >= 0.6 is 0 Å². The quantitative estimate of drug-likeness (QED) is 0.481. The van der Waals surface area contributed by atoms with Crippen LogP contribution in [0.2, 0.25) is 0 Å². The summed E-state index contributed by atoms with van der Waals surface area (Å²) in [5, 5.41) is 15.6. The van der Waals surface area contributed by atoms with Crippen molar-refractivity contribution < 1.29 is 24.0 Å². The Labute approximate surface area is 149 Å². The summed E-state index contributed by atoms with van der Waals surface area (Å²) in [5.41, 5.74) is 0.959. The Bertz CT molecular complexity index is 866. The fourth-order valence-corrected chi connectivity index (χ4v) is 2.18. The summed E-state index contributed by atoms with van der Waals surface area (Å²) in [4.78, 5) is 34.6. The number of nitrogens with one attached hydrogen (secondary N) is 2. The third kappa shape index (κ3) is 4.26. The summed E-state index contributed by atoms with van der Waals surface area (Å²) in [6.07, 6.45) is 0. The molecule has 0 fully saturated rings. The number of anilines is 2. The SMILES string of the molecule is COc1ccc(C)cc1NC(=O)C(=O)Nc1cc([N+](=O)[O-])ccc1OC. The fourth-order valence-electron chi connectivity index (χ4n) is 2.18. The molecule has 9 nitrogen and oxygen atoms in total. The number of hydrogen-bond acceptors (Lipinski definition) is 6. The van der Waals surface area contributed by atoms with E-state index >= 15 is 0 Å². The van der Waals surface area contributed by atoms with Gasteiger partial charge in [0.05, 0.1) is 30.5 Å². The summed E-state index contributed by atoms with van der Waals surface area (Å²) in [6, 6.07) is 8.77. The van der Waals surface area contributed by atoms with Crippen molar-refractivity contribution in [3.8, 4) is 11.5 Å². The third-order valence-electron chi connectivity index (χ3n) is 3.45. The lowest BCUT2D eigenvalue weighted by atomic mass is 10.2. The Kier molecular flexibility index (Phi) is 5.74. The molecule has 0 saturated heterocycles. The van der Waals surface area contributed by atoms with Crippen LogP contribution in [0.15, 0.2) is 36.4 Å². The first kappa shape index (κ1) is 18.7. The Morgan fingerprint density at radius 1 is 0.923 bits per heavy atom. The van der Waals surface area contributed by atoms with E-state index in [1.165, 1.54) is 26.4 Å². The molecule has 2 aromatic carbocycles. The molecule has 0 aliphatic carbocycles. The predicted molar refractivity (Wildman–Crippen MR) is 94.6 cm³/mol. The number of amides is 2. The number of hydrogen-bond donors (Lipinski definition) is 2. The minimum absolute atomic E-state index is 0.0121. The van der Waals surface area contributed by atoms with Gasteiger partial charge in [0.2, 0.25) is 0 Å². The Balaban J connectivity index is 2.20. The molecular weight excluding hydrogens is 342 g/mol. The van der Waals surface area contributed by atoms with Gasteiger partial charge in [0.1, 0.15) is 11.5 Å². The molecule has 0 unspecified atom stereocenters. The minimum Gasteiger partial charge on any atom is -0.495 e. The van der Waals surface area contributed by atoms with Crippen molar-refractivity contribution in [3.63, 3.8) is 0 Å². The highest BCUT2D eigenvalue weighted by Crippen LogP contribution is 2.29. The second kappa shape index (κ2) is 7.97. The van der Waals surface area contributed by atoms with Crippen molar-refractivity contribution in [1.29, 1.82) is 0 Å². The number of carbonyl (C=O) groups is 2. The van der Waals surface area contributed by atoms with Crippen LogP contribution in [0.3, 0.4) is 0 Å². The summed E-state index contributed by atoms with van der Waals surface area (Å²) in [5.74, 6) is -1.38. The molecule has 26 heavy (non-hydrogen) atoms. The maximum absolute atomic E-state index is 12.2. The monoisotopic (exact) mass is 359 g/mol. The molecule has 0 saturated carbocycles. The lowest BCUT2D eigenvalue weighted by Gasteiger charge is -2.12. The highest BCUT2D eigenvalue weighted by molar-refractivity contribution is 6.44. The van der Waals surface area contributed by atoms with Crippen molar-refractivity contribution in [3.05, 3.63) is 52.1 Å². The van der Waals surface area contributed by atoms with Crippen molar-refractivity contribution in [1.82, 2.24) is 0 Å². The van der Waals surface area contributed by atoms with Gasteiger partial charge in [-0.05, 0) is 30.7 Å². The van der Waals surface area contributed by atoms with Crippen LogP contribution in [-0.2, 0) is 9.59 Å². The first-order valence-electron chi connectivity index (χ1n) is 7.45. The Hall–Kier alpha value is -3.62. The van der Waals surface area contributed by atoms with E-state index in [2.05, 4.69) is 10.6 Å². The van der Waals surface area contributed by atoms with E-state index in [1.54, 1.807) is 18.2 Å². The number of rotatable bonds is 5. The molecule has 2 rings (SSSR count). The number of nitro benzene ring substituents is 1. The molecule has 0 heterocycles. The molecule has 2 aromatic rings. The van der Waals surface area contributed by atoms with Crippen LogP contribution in [0.1, 0.15) is 5.56 Å². The second-order valence-corrected chi connectivity index (χ2v) is 5.25. The number of nitrogens with zero attached hydrogens (tertiary/aromatic N) is 1. The van der Waals surface area contributed by atoms with Gasteiger partial charge in [0.25, 0.3) is 5.69 Å². The summed E-state index contributed by atoms with van der Waals surface area (Å²) in [7, 11) is 2.78.